The summed E-state index contributed by atoms with van der Waals surface area (Å²) in [5.74, 6) is -3.66. The minimum absolute atomic E-state index is 0.695. The number of ether oxygens (including phenoxy) is 6. The van der Waals surface area contributed by atoms with Crippen molar-refractivity contribution in [3.05, 3.63) is 12.7 Å². The summed E-state index contributed by atoms with van der Waals surface area (Å²) in [6.07, 6.45) is -16.9. The number of carbonyl (C=O) groups excluding carboxylic acids is 1. The van der Waals surface area contributed by atoms with E-state index >= 15 is 0 Å². The van der Waals surface area contributed by atoms with Gasteiger partial charge in [-0.2, -0.15) is 0 Å². The highest BCUT2D eigenvalue weighted by Gasteiger charge is 2.58. The Morgan fingerprint density at radius 1 is 0.821 bits per heavy atom. The smallest absolute Gasteiger partial charge is 0.332 e. The zero-order valence-electron chi connectivity index (χ0n) is 20.7. The zero-order chi connectivity index (χ0) is 29.2. The lowest BCUT2D eigenvalue weighted by atomic mass is 9.93. The third kappa shape index (κ3) is 6.26. The van der Waals surface area contributed by atoms with Gasteiger partial charge in [-0.3, -0.25) is 0 Å². The molecule has 3 heterocycles. The first kappa shape index (κ1) is 32.1. The molecule has 0 aliphatic carbocycles. The van der Waals surface area contributed by atoms with E-state index in [9.17, 15) is 45.6 Å². The van der Waals surface area contributed by atoms with Gasteiger partial charge in [-0.05, 0) is 0 Å². The van der Waals surface area contributed by atoms with E-state index < -0.39 is 117 Å². The molecule has 226 valence electrons. The highest BCUT2D eigenvalue weighted by molar-refractivity contribution is 5.81. The van der Waals surface area contributed by atoms with E-state index in [1.54, 1.807) is 0 Å². The molecule has 18 nitrogen and oxygen atoms in total. The largest absolute Gasteiger partial charge is 0.424 e. The number of nitrogens with two attached hydrogens (primary N) is 3. The van der Waals surface area contributed by atoms with Crippen LogP contribution in [0.3, 0.4) is 0 Å². The van der Waals surface area contributed by atoms with Crippen molar-refractivity contribution in [3.8, 4) is 0 Å². The molecule has 3 rings (SSSR count). The maximum absolute atomic E-state index is 11.8. The third-order valence-corrected chi connectivity index (χ3v) is 6.86. The van der Waals surface area contributed by atoms with Crippen LogP contribution in [0.1, 0.15) is 0 Å². The first-order valence-electron chi connectivity index (χ1n) is 12.0. The van der Waals surface area contributed by atoms with Crippen LogP contribution in [0.2, 0.25) is 0 Å². The summed E-state index contributed by atoms with van der Waals surface area (Å²) in [6, 6.07) is -4.28. The van der Waals surface area contributed by atoms with Gasteiger partial charge in [0.1, 0.15) is 55.4 Å². The third-order valence-electron chi connectivity index (χ3n) is 6.86. The molecule has 39 heavy (non-hydrogen) atoms. The Hall–Kier alpha value is -1.43. The van der Waals surface area contributed by atoms with Crippen molar-refractivity contribution in [3.63, 3.8) is 0 Å². The monoisotopic (exact) mass is 571 g/mol. The normalized spacial score (nSPS) is 48.9. The zero-order valence-corrected chi connectivity index (χ0v) is 20.7. The standard InChI is InChI=1S/C21H37N3O15/c1-2-8(28)38-21(5-27)17(32)14(31)11(24)20(39-21)37-16-7(4-26)35-19(10(23)13(16)30)36-15-6(3-25)34-18(33)9(22)12(15)29/h2,6-7,9-20,25-27,29-33H,1,3-5,22-24H2/t6-,7-,9-,10-,11-,12-,13-,14-,15?,16?,17+,18-,19+,20+,21+/m1/s1. The highest BCUT2D eigenvalue weighted by atomic mass is 16.8. The molecule has 0 amide bonds. The van der Waals surface area contributed by atoms with Crippen LogP contribution in [0.15, 0.2) is 12.7 Å². The summed E-state index contributed by atoms with van der Waals surface area (Å²) < 4.78 is 32.5. The first-order valence-corrected chi connectivity index (χ1v) is 12.0. The lowest BCUT2D eigenvalue weighted by molar-refractivity contribution is -0.398. The van der Waals surface area contributed by atoms with Crippen molar-refractivity contribution < 1.29 is 74.1 Å². The van der Waals surface area contributed by atoms with Crippen LogP contribution in [0, 0.1) is 0 Å². The second-order valence-electron chi connectivity index (χ2n) is 9.40. The van der Waals surface area contributed by atoms with Crippen molar-refractivity contribution in [1.82, 2.24) is 0 Å². The van der Waals surface area contributed by atoms with Gasteiger partial charge < -0.3 is 86.5 Å². The minimum Gasteiger partial charge on any atom is -0.424 e. The van der Waals surface area contributed by atoms with Crippen molar-refractivity contribution >= 4 is 5.97 Å². The Morgan fingerprint density at radius 2 is 1.33 bits per heavy atom. The number of carbonyl (C=O) groups is 1. The molecule has 0 aromatic carbocycles. The summed E-state index contributed by atoms with van der Waals surface area (Å²) in [5.41, 5.74) is 17.7. The van der Waals surface area contributed by atoms with E-state index in [-0.39, 0.29) is 0 Å². The number of rotatable bonds is 9. The van der Waals surface area contributed by atoms with E-state index in [1.807, 2.05) is 0 Å². The predicted octanol–water partition coefficient (Wildman–Crippen LogP) is -7.62. The Balaban J connectivity index is 1.78. The molecule has 3 aliphatic heterocycles. The topological polar surface area (TPSA) is 312 Å². The van der Waals surface area contributed by atoms with Gasteiger partial charge in [0.25, 0.3) is 5.79 Å². The van der Waals surface area contributed by atoms with Crippen molar-refractivity contribution in [2.24, 2.45) is 17.2 Å². The molecule has 0 aromatic rings. The Kier molecular flexibility index (Phi) is 10.7. The van der Waals surface area contributed by atoms with E-state index in [0.717, 1.165) is 0 Å². The fourth-order valence-electron chi connectivity index (χ4n) is 4.51. The van der Waals surface area contributed by atoms with Crippen LogP contribution in [-0.4, -0.2) is 158 Å². The maximum Gasteiger partial charge on any atom is 0.332 e. The number of hydrogen-bond acceptors (Lipinski definition) is 18. The van der Waals surface area contributed by atoms with Crippen LogP contribution < -0.4 is 17.2 Å². The molecule has 0 radical (unpaired) electrons. The van der Waals surface area contributed by atoms with Crippen LogP contribution in [-0.2, 0) is 33.2 Å². The summed E-state index contributed by atoms with van der Waals surface area (Å²) in [4.78, 5) is 11.8. The SMILES string of the molecule is C=CC(=O)O[C@@]1(CO)O[C@H](OC2[C@@H](CO)O[C@@H](OC3[C@@H](CO)O[C@@H](O)[C@H](N)[C@H]3O)[C@H](N)[C@H]2O)[C@H](N)[C@@H](O)[C@@H]1O. The molecule has 0 spiro atoms. The first-order chi connectivity index (χ1) is 18.3. The molecule has 3 fully saturated rings. The summed E-state index contributed by atoms with van der Waals surface area (Å²) in [6.45, 7) is 0.561. The van der Waals surface area contributed by atoms with Crippen LogP contribution in [0.5, 0.6) is 0 Å². The molecule has 14 N–H and O–H groups in total. The van der Waals surface area contributed by atoms with Gasteiger partial charge in [-0.15, -0.1) is 0 Å². The molecular weight excluding hydrogens is 534 g/mol. The quantitative estimate of drug-likeness (QED) is 0.0903. The lowest BCUT2D eigenvalue weighted by Gasteiger charge is -2.50. The van der Waals surface area contributed by atoms with Gasteiger partial charge in [0, 0.05) is 6.08 Å². The summed E-state index contributed by atoms with van der Waals surface area (Å²) >= 11 is 0. The highest BCUT2D eigenvalue weighted by Crippen LogP contribution is 2.34. The molecule has 0 bridgehead atoms. The second kappa shape index (κ2) is 13.0. The maximum atomic E-state index is 11.8. The van der Waals surface area contributed by atoms with Crippen molar-refractivity contribution in [2.45, 2.75) is 91.6 Å². The molecule has 0 aromatic heterocycles. The Labute approximate surface area is 222 Å². The van der Waals surface area contributed by atoms with Gasteiger partial charge in [-0.1, -0.05) is 6.58 Å². The Bertz CT molecular complexity index is 838. The van der Waals surface area contributed by atoms with Crippen LogP contribution in [0.25, 0.3) is 0 Å². The lowest BCUT2D eigenvalue weighted by Crippen LogP contribution is -2.72. The molecule has 3 aliphatic rings. The molecule has 2 unspecified atom stereocenters. The van der Waals surface area contributed by atoms with Gasteiger partial charge in [0.05, 0.1) is 31.3 Å². The van der Waals surface area contributed by atoms with Crippen LogP contribution >= 0.6 is 0 Å². The molecule has 3 saturated heterocycles. The molecule has 18 heteroatoms. The summed E-state index contributed by atoms with van der Waals surface area (Å²) in [7, 11) is 0. The molecule has 15 atom stereocenters. The average molecular weight is 572 g/mol. The predicted molar refractivity (Wildman–Crippen MR) is 122 cm³/mol. The average Bonchev–Trinajstić information content (AvgIpc) is 2.93. The van der Waals surface area contributed by atoms with E-state index in [2.05, 4.69) is 6.58 Å². The summed E-state index contributed by atoms with van der Waals surface area (Å²) in [5, 5.41) is 81.4. The second-order valence-corrected chi connectivity index (χ2v) is 9.40. The number of hydrogen-bond donors (Lipinski definition) is 11. The van der Waals surface area contributed by atoms with Crippen LogP contribution in [0.4, 0.5) is 0 Å². The van der Waals surface area contributed by atoms with Gasteiger partial charge in [0.15, 0.2) is 18.9 Å². The fraction of sp³-hybridized carbons (Fsp3) is 0.857. The van der Waals surface area contributed by atoms with Gasteiger partial charge in [0.2, 0.25) is 0 Å². The number of esters is 1. The fourth-order valence-corrected chi connectivity index (χ4v) is 4.51. The van der Waals surface area contributed by atoms with Gasteiger partial charge in [-0.25, -0.2) is 4.79 Å². The van der Waals surface area contributed by atoms with Crippen molar-refractivity contribution in [2.75, 3.05) is 19.8 Å². The number of aliphatic hydroxyl groups is 8. The minimum atomic E-state index is -2.53. The van der Waals surface area contributed by atoms with E-state index in [1.165, 1.54) is 0 Å². The molecule has 0 saturated carbocycles. The Morgan fingerprint density at radius 3 is 1.87 bits per heavy atom. The van der Waals surface area contributed by atoms with Gasteiger partial charge >= 0.3 is 5.97 Å². The number of aliphatic hydroxyl groups excluding tert-OH is 8. The molecular formula is C21H37N3O15. The van der Waals surface area contributed by atoms with Crippen molar-refractivity contribution in [1.29, 1.82) is 0 Å². The van der Waals surface area contributed by atoms with E-state index in [0.29, 0.717) is 6.08 Å². The van der Waals surface area contributed by atoms with E-state index in [4.69, 9.17) is 45.6 Å².